The molecular formula is C50H48O15P2. The van der Waals surface area contributed by atoms with E-state index in [4.69, 9.17) is 55.6 Å². The van der Waals surface area contributed by atoms with Gasteiger partial charge in [0.25, 0.3) is 0 Å². The zero-order chi connectivity index (χ0) is 47.6. The number of fused-ring (bicyclic) bond motifs is 2. The normalized spacial score (nSPS) is 11.5. The minimum atomic E-state index is -2.59. The van der Waals surface area contributed by atoms with Gasteiger partial charge in [0.15, 0.2) is 34.6 Å². The van der Waals surface area contributed by atoms with Crippen molar-refractivity contribution < 1.29 is 69.9 Å². The van der Waals surface area contributed by atoms with Gasteiger partial charge >= 0.3 is 17.2 Å². The Morgan fingerprint density at radius 1 is 0.448 bits per heavy atom. The van der Waals surface area contributed by atoms with Crippen LogP contribution in [0.2, 0.25) is 0 Å². The lowest BCUT2D eigenvalue weighted by Gasteiger charge is -2.26. The summed E-state index contributed by atoms with van der Waals surface area (Å²) < 4.78 is 72.8. The molecule has 0 amide bonds. The van der Waals surface area contributed by atoms with E-state index in [2.05, 4.69) is 0 Å². The fourth-order valence-corrected chi connectivity index (χ4v) is 9.03. The SMILES string of the molecule is CCOc1ccc(OC)cc1OP(Oc1cc(OC)ccc1OCC)Oc1cccc2c1C(=O)c1c(cccc1OP(Oc1cc(OC)ccc1C(C)=O)Oc1cc(OC)ccc1C(C)=O)C2. The summed E-state index contributed by atoms with van der Waals surface area (Å²) in [4.78, 5) is 40.8. The van der Waals surface area contributed by atoms with Crippen LogP contribution in [0.1, 0.15) is 75.5 Å². The second kappa shape index (κ2) is 21.9. The van der Waals surface area contributed by atoms with Gasteiger partial charge in [-0.3, -0.25) is 14.4 Å². The summed E-state index contributed by atoms with van der Waals surface area (Å²) in [5.41, 5.74) is 2.15. The van der Waals surface area contributed by atoms with E-state index in [1.807, 2.05) is 26.0 Å². The van der Waals surface area contributed by atoms with Gasteiger partial charge in [0, 0.05) is 24.3 Å². The lowest BCUT2D eigenvalue weighted by atomic mass is 9.84. The monoisotopic (exact) mass is 950 g/mol. The molecule has 7 rings (SSSR count). The number of hydrogen-bond donors (Lipinski definition) is 0. The predicted molar refractivity (Wildman–Crippen MR) is 251 cm³/mol. The molecule has 0 N–H and O–H groups in total. The van der Waals surface area contributed by atoms with Crippen LogP contribution in [0.3, 0.4) is 0 Å². The Labute approximate surface area is 390 Å². The largest absolute Gasteiger partial charge is 0.530 e. The van der Waals surface area contributed by atoms with Crippen molar-refractivity contribution in [1.82, 2.24) is 0 Å². The van der Waals surface area contributed by atoms with Crippen molar-refractivity contribution in [2.75, 3.05) is 41.7 Å². The van der Waals surface area contributed by atoms with Gasteiger partial charge in [-0.1, -0.05) is 24.3 Å². The molecule has 0 bridgehead atoms. The number of rotatable bonds is 22. The van der Waals surface area contributed by atoms with Crippen LogP contribution in [0, 0.1) is 0 Å². The first kappa shape index (κ1) is 47.7. The predicted octanol–water partition coefficient (Wildman–Crippen LogP) is 11.6. The molecule has 348 valence electrons. The Kier molecular flexibility index (Phi) is 15.6. The first-order valence-corrected chi connectivity index (χ1v) is 23.1. The van der Waals surface area contributed by atoms with E-state index in [0.29, 0.717) is 65.3 Å². The highest BCUT2D eigenvalue weighted by Crippen LogP contribution is 2.52. The average Bonchev–Trinajstić information content (AvgIpc) is 3.32. The minimum Gasteiger partial charge on any atom is -0.497 e. The molecule has 1 aliphatic rings. The first-order valence-electron chi connectivity index (χ1n) is 20.9. The topological polar surface area (TPSA) is 162 Å². The zero-order valence-electron chi connectivity index (χ0n) is 38.0. The molecule has 0 heterocycles. The Hall–Kier alpha value is -7.21. The van der Waals surface area contributed by atoms with E-state index in [9.17, 15) is 9.59 Å². The molecular weight excluding hydrogens is 902 g/mol. The molecule has 6 aromatic carbocycles. The third-order valence-corrected chi connectivity index (χ3v) is 12.2. The summed E-state index contributed by atoms with van der Waals surface area (Å²) in [5.74, 6) is 2.44. The van der Waals surface area contributed by atoms with Crippen molar-refractivity contribution in [3.63, 3.8) is 0 Å². The van der Waals surface area contributed by atoms with E-state index in [-0.39, 0.29) is 68.3 Å². The number of benzene rings is 6. The lowest BCUT2D eigenvalue weighted by Crippen LogP contribution is -2.18. The summed E-state index contributed by atoms with van der Waals surface area (Å²) in [6, 6.07) is 30.0. The second-order valence-electron chi connectivity index (χ2n) is 14.4. The second-order valence-corrected chi connectivity index (χ2v) is 16.4. The Balaban J connectivity index is 1.30. The van der Waals surface area contributed by atoms with E-state index in [1.165, 1.54) is 54.4 Å². The highest BCUT2D eigenvalue weighted by Gasteiger charge is 2.35. The highest BCUT2D eigenvalue weighted by atomic mass is 31.2. The van der Waals surface area contributed by atoms with Crippen molar-refractivity contribution in [2.45, 2.75) is 34.1 Å². The standard InChI is InChI=1S/C50H48O15P2/c1-9-58-40-23-19-36(56-7)28-46(40)64-67(65-47-29-37(57-8)20-24-41(47)59-10-2)61-43-16-12-14-33-25-32-13-11-15-42(48(32)50(53)49(33)43)60-66(62-44-26-34(54-5)17-21-38(44)30(3)51)63-45-27-35(55-6)18-22-39(45)31(4)52/h11-24,26-29H,9-10,25H2,1-8H3. The fourth-order valence-electron chi connectivity index (χ4n) is 6.95. The van der Waals surface area contributed by atoms with E-state index >= 15 is 4.79 Å². The Bertz CT molecular complexity index is 2650. The van der Waals surface area contributed by atoms with Crippen molar-refractivity contribution in [2.24, 2.45) is 0 Å². The maximum Gasteiger partial charge on any atom is 0.530 e. The maximum absolute atomic E-state index is 15.1. The third-order valence-electron chi connectivity index (χ3n) is 10.1. The van der Waals surface area contributed by atoms with Crippen molar-refractivity contribution in [1.29, 1.82) is 0 Å². The number of hydrogen-bond acceptors (Lipinski definition) is 15. The van der Waals surface area contributed by atoms with Crippen LogP contribution in [0.5, 0.6) is 69.0 Å². The highest BCUT2D eigenvalue weighted by molar-refractivity contribution is 7.43. The van der Waals surface area contributed by atoms with Crippen molar-refractivity contribution in [3.8, 4) is 69.0 Å². The Morgan fingerprint density at radius 2 is 0.791 bits per heavy atom. The summed E-state index contributed by atoms with van der Waals surface area (Å²) >= 11 is 0. The van der Waals surface area contributed by atoms with Gasteiger partial charge in [0.05, 0.1) is 63.9 Å². The van der Waals surface area contributed by atoms with Crippen LogP contribution in [-0.4, -0.2) is 59.0 Å². The Morgan fingerprint density at radius 3 is 1.15 bits per heavy atom. The summed E-state index contributed by atoms with van der Waals surface area (Å²) in [6.07, 6.45) is 0.299. The van der Waals surface area contributed by atoms with Gasteiger partial charge in [0.2, 0.25) is 5.78 Å². The van der Waals surface area contributed by atoms with Crippen LogP contribution < -0.4 is 55.6 Å². The molecule has 0 aliphatic heterocycles. The number of ether oxygens (including phenoxy) is 6. The molecule has 0 unspecified atom stereocenters. The van der Waals surface area contributed by atoms with Gasteiger partial charge in [-0.2, -0.15) is 0 Å². The maximum atomic E-state index is 15.1. The van der Waals surface area contributed by atoms with Gasteiger partial charge in [-0.05, 0) is 106 Å². The lowest BCUT2D eigenvalue weighted by molar-refractivity contribution is 0.100. The molecule has 0 fully saturated rings. The summed E-state index contributed by atoms with van der Waals surface area (Å²) in [5, 5.41) is 0. The fraction of sp³-hybridized carbons (Fsp3) is 0.220. The molecule has 0 saturated heterocycles. The third kappa shape index (κ3) is 11.1. The summed E-state index contributed by atoms with van der Waals surface area (Å²) in [6.45, 7) is 7.15. The van der Waals surface area contributed by atoms with Crippen LogP contribution in [0.25, 0.3) is 0 Å². The smallest absolute Gasteiger partial charge is 0.497 e. The minimum absolute atomic E-state index is 0.0859. The van der Waals surface area contributed by atoms with E-state index in [0.717, 1.165) is 0 Å². The van der Waals surface area contributed by atoms with Crippen LogP contribution >= 0.6 is 17.2 Å². The van der Waals surface area contributed by atoms with Gasteiger partial charge in [0.1, 0.15) is 46.0 Å². The van der Waals surface area contributed by atoms with Gasteiger partial charge in [-0.15, -0.1) is 0 Å². The first-order chi connectivity index (χ1) is 32.5. The average molecular weight is 951 g/mol. The van der Waals surface area contributed by atoms with Crippen LogP contribution in [0.4, 0.5) is 0 Å². The number of carbonyl (C=O) groups is 3. The van der Waals surface area contributed by atoms with Crippen molar-refractivity contribution in [3.05, 3.63) is 143 Å². The molecule has 17 heteroatoms. The number of Topliss-reactive ketones (excluding diaryl/α,β-unsaturated/α-hetero) is 2. The van der Waals surface area contributed by atoms with E-state index < -0.39 is 23.0 Å². The number of carbonyl (C=O) groups excluding carboxylic acids is 3. The molecule has 67 heavy (non-hydrogen) atoms. The molecule has 6 aromatic rings. The van der Waals surface area contributed by atoms with Gasteiger partial charge < -0.3 is 55.6 Å². The summed E-state index contributed by atoms with van der Waals surface area (Å²) in [7, 11) is 0.978. The quantitative estimate of drug-likeness (QED) is 0.0465. The molecule has 0 spiro atoms. The number of methoxy groups -OCH3 is 4. The van der Waals surface area contributed by atoms with E-state index in [1.54, 1.807) is 84.9 Å². The molecule has 15 nitrogen and oxygen atoms in total. The van der Waals surface area contributed by atoms with Crippen molar-refractivity contribution >= 4 is 34.6 Å². The molecule has 0 radical (unpaired) electrons. The molecule has 1 aliphatic carbocycles. The molecule has 0 saturated carbocycles. The van der Waals surface area contributed by atoms with Crippen LogP contribution in [-0.2, 0) is 6.42 Å². The molecule has 0 aromatic heterocycles. The number of ketones is 3. The van der Waals surface area contributed by atoms with Crippen LogP contribution in [0.15, 0.2) is 109 Å². The zero-order valence-corrected chi connectivity index (χ0v) is 39.8. The van der Waals surface area contributed by atoms with Gasteiger partial charge in [-0.25, -0.2) is 0 Å². The molecule has 0 atom stereocenters.